The summed E-state index contributed by atoms with van der Waals surface area (Å²) in [7, 11) is 4.85. The molecule has 5 nitrogen and oxygen atoms in total. The normalized spacial score (nSPS) is 10.5. The number of aromatic nitrogens is 2. The summed E-state index contributed by atoms with van der Waals surface area (Å²) < 4.78 is 16.3. The number of hydrogen-bond donors (Lipinski definition) is 1. The summed E-state index contributed by atoms with van der Waals surface area (Å²) in [6.07, 6.45) is 3.68. The molecule has 0 aliphatic carbocycles. The first kappa shape index (κ1) is 14.5. The summed E-state index contributed by atoms with van der Waals surface area (Å²) in [5.74, 6) is 1.91. The molecule has 0 aliphatic rings. The number of benzene rings is 1. The maximum Gasteiger partial charge on any atom is 0.203 e. The smallest absolute Gasteiger partial charge is 0.203 e. The van der Waals surface area contributed by atoms with Crippen molar-refractivity contribution in [3.8, 4) is 38.1 Å². The van der Waals surface area contributed by atoms with E-state index >= 15 is 0 Å². The predicted molar refractivity (Wildman–Crippen MR) is 87.0 cm³/mol. The fraction of sp³-hybridized carbons (Fsp3) is 0.188. The second-order valence-corrected chi connectivity index (χ2v) is 5.62. The Kier molecular flexibility index (Phi) is 4.02. The summed E-state index contributed by atoms with van der Waals surface area (Å²) in [4.78, 5) is 2.23. The molecule has 0 fully saturated rings. The summed E-state index contributed by atoms with van der Waals surface area (Å²) in [6, 6.07) is 8.00. The topological polar surface area (TPSA) is 56.4 Å². The molecule has 0 unspecified atom stereocenters. The van der Waals surface area contributed by atoms with E-state index in [1.54, 1.807) is 38.9 Å². The number of ether oxygens (including phenoxy) is 3. The molecule has 0 aliphatic heterocycles. The Morgan fingerprint density at radius 1 is 0.909 bits per heavy atom. The van der Waals surface area contributed by atoms with Crippen LogP contribution in [-0.4, -0.2) is 31.5 Å². The van der Waals surface area contributed by atoms with Crippen molar-refractivity contribution in [2.45, 2.75) is 0 Å². The van der Waals surface area contributed by atoms with Gasteiger partial charge in [0.25, 0.3) is 0 Å². The zero-order valence-electron chi connectivity index (χ0n) is 12.5. The van der Waals surface area contributed by atoms with Gasteiger partial charge in [-0.25, -0.2) is 0 Å². The van der Waals surface area contributed by atoms with Crippen molar-refractivity contribution in [2.24, 2.45) is 0 Å². The van der Waals surface area contributed by atoms with Crippen LogP contribution in [0.4, 0.5) is 0 Å². The van der Waals surface area contributed by atoms with Crippen LogP contribution in [0.25, 0.3) is 20.9 Å². The maximum atomic E-state index is 5.55. The van der Waals surface area contributed by atoms with Crippen molar-refractivity contribution >= 4 is 11.3 Å². The molecule has 0 saturated carbocycles. The van der Waals surface area contributed by atoms with Gasteiger partial charge in [0.05, 0.1) is 27.5 Å². The van der Waals surface area contributed by atoms with Crippen molar-refractivity contribution in [2.75, 3.05) is 21.3 Å². The first-order chi connectivity index (χ1) is 10.8. The number of thiophene rings is 1. The number of methoxy groups -OCH3 is 3. The molecule has 3 aromatic rings. The lowest BCUT2D eigenvalue weighted by atomic mass is 10.1. The lowest BCUT2D eigenvalue weighted by molar-refractivity contribution is 0.325. The van der Waals surface area contributed by atoms with Gasteiger partial charge in [-0.2, -0.15) is 5.10 Å². The zero-order valence-corrected chi connectivity index (χ0v) is 13.4. The number of H-pyrrole nitrogens is 1. The predicted octanol–water partition coefficient (Wildman–Crippen LogP) is 3.83. The Bertz CT molecular complexity index is 766. The lowest BCUT2D eigenvalue weighted by Gasteiger charge is -2.14. The third-order valence-electron chi connectivity index (χ3n) is 3.36. The van der Waals surface area contributed by atoms with Crippen LogP contribution in [0.3, 0.4) is 0 Å². The minimum absolute atomic E-state index is 0.598. The van der Waals surface area contributed by atoms with E-state index in [1.165, 1.54) is 0 Å². The molecule has 0 radical (unpaired) electrons. The van der Waals surface area contributed by atoms with Gasteiger partial charge in [0.2, 0.25) is 5.75 Å². The highest BCUT2D eigenvalue weighted by molar-refractivity contribution is 7.18. The minimum atomic E-state index is 0.598. The first-order valence-electron chi connectivity index (χ1n) is 6.66. The molecule has 2 heterocycles. The highest BCUT2D eigenvalue weighted by Crippen LogP contribution is 2.46. The molecule has 3 rings (SSSR count). The third kappa shape index (κ3) is 2.42. The summed E-state index contributed by atoms with van der Waals surface area (Å²) >= 11 is 1.67. The van der Waals surface area contributed by atoms with Gasteiger partial charge in [-0.05, 0) is 24.3 Å². The molecule has 0 amide bonds. The monoisotopic (exact) mass is 316 g/mol. The molecule has 22 heavy (non-hydrogen) atoms. The van der Waals surface area contributed by atoms with E-state index in [4.69, 9.17) is 14.2 Å². The SMILES string of the molecule is COc1ccc(-c2ccc(-c3cn[nH]c3)s2)c(OC)c1OC. The van der Waals surface area contributed by atoms with Crippen LogP contribution in [0.15, 0.2) is 36.7 Å². The van der Waals surface area contributed by atoms with Crippen molar-refractivity contribution in [1.82, 2.24) is 10.2 Å². The Morgan fingerprint density at radius 3 is 2.32 bits per heavy atom. The van der Waals surface area contributed by atoms with E-state index in [9.17, 15) is 0 Å². The van der Waals surface area contributed by atoms with E-state index in [1.807, 2.05) is 18.3 Å². The second kappa shape index (κ2) is 6.11. The van der Waals surface area contributed by atoms with E-state index in [-0.39, 0.29) is 0 Å². The van der Waals surface area contributed by atoms with Crippen molar-refractivity contribution in [1.29, 1.82) is 0 Å². The van der Waals surface area contributed by atoms with Gasteiger partial charge in [-0.15, -0.1) is 11.3 Å². The molecular weight excluding hydrogens is 300 g/mol. The fourth-order valence-corrected chi connectivity index (χ4v) is 3.33. The zero-order chi connectivity index (χ0) is 15.5. The van der Waals surface area contributed by atoms with Gasteiger partial charge in [0, 0.05) is 27.1 Å². The Morgan fingerprint density at radius 2 is 1.68 bits per heavy atom. The lowest BCUT2D eigenvalue weighted by Crippen LogP contribution is -1.96. The number of rotatable bonds is 5. The van der Waals surface area contributed by atoms with Gasteiger partial charge < -0.3 is 14.2 Å². The molecule has 114 valence electrons. The number of nitrogens with one attached hydrogen (secondary N) is 1. The van der Waals surface area contributed by atoms with Gasteiger partial charge in [-0.1, -0.05) is 0 Å². The van der Waals surface area contributed by atoms with Crippen molar-refractivity contribution in [3.63, 3.8) is 0 Å². The third-order valence-corrected chi connectivity index (χ3v) is 4.53. The van der Waals surface area contributed by atoms with Crippen LogP contribution >= 0.6 is 11.3 Å². The molecule has 6 heteroatoms. The summed E-state index contributed by atoms with van der Waals surface area (Å²) in [5.41, 5.74) is 2.04. The van der Waals surface area contributed by atoms with E-state index in [2.05, 4.69) is 22.3 Å². The van der Waals surface area contributed by atoms with Crippen molar-refractivity contribution in [3.05, 3.63) is 36.7 Å². The van der Waals surface area contributed by atoms with Gasteiger partial charge in [-0.3, -0.25) is 5.10 Å². The van der Waals surface area contributed by atoms with Crippen LogP contribution in [0.1, 0.15) is 0 Å². The minimum Gasteiger partial charge on any atom is -0.493 e. The summed E-state index contributed by atoms with van der Waals surface area (Å²) in [5, 5.41) is 6.81. The molecule has 0 spiro atoms. The average Bonchev–Trinajstić information content (AvgIpc) is 3.23. The Hall–Kier alpha value is -2.47. The molecular formula is C16H16N2O3S. The Labute approximate surface area is 132 Å². The molecule has 2 aromatic heterocycles. The van der Waals surface area contributed by atoms with E-state index in [0.29, 0.717) is 17.2 Å². The molecule has 0 saturated heterocycles. The molecule has 0 bridgehead atoms. The van der Waals surface area contributed by atoms with Crippen molar-refractivity contribution < 1.29 is 14.2 Å². The maximum absolute atomic E-state index is 5.55. The Balaban J connectivity index is 2.08. The van der Waals surface area contributed by atoms with E-state index in [0.717, 1.165) is 20.9 Å². The number of hydrogen-bond acceptors (Lipinski definition) is 5. The molecule has 0 atom stereocenters. The quantitative estimate of drug-likeness (QED) is 0.777. The highest BCUT2D eigenvalue weighted by atomic mass is 32.1. The fourth-order valence-electron chi connectivity index (χ4n) is 2.32. The van der Waals surface area contributed by atoms with Crippen LogP contribution in [0, 0.1) is 0 Å². The second-order valence-electron chi connectivity index (χ2n) is 4.53. The largest absolute Gasteiger partial charge is 0.493 e. The van der Waals surface area contributed by atoms with E-state index < -0.39 is 0 Å². The molecule has 1 aromatic carbocycles. The number of aromatic amines is 1. The summed E-state index contributed by atoms with van der Waals surface area (Å²) in [6.45, 7) is 0. The van der Waals surface area contributed by atoms with Gasteiger partial charge in [0.15, 0.2) is 11.5 Å². The van der Waals surface area contributed by atoms with Crippen LogP contribution < -0.4 is 14.2 Å². The number of nitrogens with zero attached hydrogens (tertiary/aromatic N) is 1. The molecule has 1 N–H and O–H groups in total. The van der Waals surface area contributed by atoms with Crippen LogP contribution in [-0.2, 0) is 0 Å². The van der Waals surface area contributed by atoms with Gasteiger partial charge >= 0.3 is 0 Å². The van der Waals surface area contributed by atoms with Crippen LogP contribution in [0.5, 0.6) is 17.2 Å². The first-order valence-corrected chi connectivity index (χ1v) is 7.48. The van der Waals surface area contributed by atoms with Crippen LogP contribution in [0.2, 0.25) is 0 Å². The van der Waals surface area contributed by atoms with Gasteiger partial charge in [0.1, 0.15) is 0 Å². The highest BCUT2D eigenvalue weighted by Gasteiger charge is 2.18. The standard InChI is InChI=1S/C16H16N2O3S/c1-19-12-5-4-11(15(20-2)16(12)21-3)14-7-6-13(22-14)10-8-17-18-9-10/h4-9H,1-3H3,(H,17,18). The average molecular weight is 316 g/mol.